The van der Waals surface area contributed by atoms with E-state index < -0.39 is 0 Å². The zero-order chi connectivity index (χ0) is 16.9. The predicted molar refractivity (Wildman–Crippen MR) is 96.7 cm³/mol. The van der Waals surface area contributed by atoms with Crippen molar-refractivity contribution in [2.75, 3.05) is 11.9 Å². The van der Waals surface area contributed by atoms with Gasteiger partial charge in [-0.1, -0.05) is 41.9 Å². The molecule has 3 rings (SSSR count). The van der Waals surface area contributed by atoms with E-state index in [0.29, 0.717) is 16.5 Å². The van der Waals surface area contributed by atoms with Crippen molar-refractivity contribution >= 4 is 34.1 Å². The molecule has 1 N–H and O–H groups in total. The maximum atomic E-state index is 12.2. The number of carbonyl (C=O) groups is 1. The minimum atomic E-state index is -0.127. The van der Waals surface area contributed by atoms with Gasteiger partial charge in [-0.3, -0.25) is 9.78 Å². The van der Waals surface area contributed by atoms with Crippen molar-refractivity contribution in [3.63, 3.8) is 0 Å². The lowest BCUT2D eigenvalue weighted by molar-refractivity contribution is -0.116. The average Bonchev–Trinajstić information content (AvgIpc) is 2.57. The van der Waals surface area contributed by atoms with Crippen LogP contribution < -0.4 is 10.1 Å². The number of benzene rings is 2. The van der Waals surface area contributed by atoms with Crippen LogP contribution in [-0.4, -0.2) is 17.5 Å². The summed E-state index contributed by atoms with van der Waals surface area (Å²) in [5.74, 6) is 0.451. The average molecular weight is 341 g/mol. The molecule has 0 aliphatic carbocycles. The van der Waals surface area contributed by atoms with Crippen molar-refractivity contribution in [1.29, 1.82) is 0 Å². The SMILES string of the molecule is Cc1ccc2cccc(NC(=O)CCOc3ccccc3Cl)c2n1. The van der Waals surface area contributed by atoms with Crippen LogP contribution in [0.4, 0.5) is 5.69 Å². The van der Waals surface area contributed by atoms with E-state index in [1.54, 1.807) is 12.1 Å². The van der Waals surface area contributed by atoms with Gasteiger partial charge in [-0.2, -0.15) is 0 Å². The van der Waals surface area contributed by atoms with Crippen LogP contribution in [0.1, 0.15) is 12.1 Å². The Morgan fingerprint density at radius 2 is 1.96 bits per heavy atom. The summed E-state index contributed by atoms with van der Waals surface area (Å²) in [4.78, 5) is 16.7. The van der Waals surface area contributed by atoms with Gasteiger partial charge in [-0.15, -0.1) is 0 Å². The molecular weight excluding hydrogens is 324 g/mol. The Balaban J connectivity index is 1.63. The molecule has 0 saturated heterocycles. The van der Waals surface area contributed by atoms with Crippen LogP contribution in [0.15, 0.2) is 54.6 Å². The second-order valence-electron chi connectivity index (χ2n) is 5.41. The molecule has 1 aromatic heterocycles. The van der Waals surface area contributed by atoms with Gasteiger partial charge in [0.25, 0.3) is 0 Å². The van der Waals surface area contributed by atoms with Crippen LogP contribution in [0, 0.1) is 6.92 Å². The Morgan fingerprint density at radius 3 is 2.79 bits per heavy atom. The summed E-state index contributed by atoms with van der Waals surface area (Å²) in [6.45, 7) is 2.18. The largest absolute Gasteiger partial charge is 0.491 e. The molecule has 1 amide bonds. The Bertz CT molecular complexity index is 880. The Hall–Kier alpha value is -2.59. The van der Waals surface area contributed by atoms with E-state index in [1.807, 2.05) is 49.4 Å². The minimum absolute atomic E-state index is 0.127. The third-order valence-corrected chi connectivity index (χ3v) is 3.87. The molecule has 0 saturated carbocycles. The summed E-state index contributed by atoms with van der Waals surface area (Å²) in [6.07, 6.45) is 0.230. The fourth-order valence-electron chi connectivity index (χ4n) is 2.37. The molecule has 5 heteroatoms. The maximum absolute atomic E-state index is 12.2. The van der Waals surface area contributed by atoms with Crippen LogP contribution in [0.3, 0.4) is 0 Å². The van der Waals surface area contributed by atoms with Gasteiger partial charge in [0.2, 0.25) is 5.91 Å². The maximum Gasteiger partial charge on any atom is 0.227 e. The highest BCUT2D eigenvalue weighted by Gasteiger charge is 2.08. The van der Waals surface area contributed by atoms with E-state index in [1.165, 1.54) is 0 Å². The number of aryl methyl sites for hydroxylation is 1. The summed E-state index contributed by atoms with van der Waals surface area (Å²) < 4.78 is 5.54. The first-order valence-corrected chi connectivity index (χ1v) is 8.05. The summed E-state index contributed by atoms with van der Waals surface area (Å²) in [5.41, 5.74) is 2.41. The topological polar surface area (TPSA) is 51.2 Å². The number of halogens is 1. The van der Waals surface area contributed by atoms with E-state index >= 15 is 0 Å². The van der Waals surface area contributed by atoms with Gasteiger partial charge in [-0.25, -0.2) is 0 Å². The lowest BCUT2D eigenvalue weighted by Crippen LogP contribution is -2.15. The second kappa shape index (κ2) is 7.32. The monoisotopic (exact) mass is 340 g/mol. The number of amides is 1. The Labute approximate surface area is 145 Å². The number of anilines is 1. The lowest BCUT2D eigenvalue weighted by atomic mass is 10.1. The smallest absolute Gasteiger partial charge is 0.227 e. The van der Waals surface area contributed by atoms with Crippen LogP contribution in [0.2, 0.25) is 5.02 Å². The second-order valence-corrected chi connectivity index (χ2v) is 5.81. The van der Waals surface area contributed by atoms with Crippen molar-refractivity contribution < 1.29 is 9.53 Å². The number of ether oxygens (including phenoxy) is 1. The minimum Gasteiger partial charge on any atom is -0.491 e. The molecule has 0 atom stereocenters. The molecule has 1 heterocycles. The zero-order valence-electron chi connectivity index (χ0n) is 13.3. The van der Waals surface area contributed by atoms with Crippen molar-refractivity contribution in [2.24, 2.45) is 0 Å². The fourth-order valence-corrected chi connectivity index (χ4v) is 2.56. The predicted octanol–water partition coefficient (Wildman–Crippen LogP) is 4.60. The van der Waals surface area contributed by atoms with E-state index in [-0.39, 0.29) is 18.9 Å². The number of fused-ring (bicyclic) bond motifs is 1. The fraction of sp³-hybridized carbons (Fsp3) is 0.158. The van der Waals surface area contributed by atoms with Gasteiger partial charge >= 0.3 is 0 Å². The van der Waals surface area contributed by atoms with E-state index in [4.69, 9.17) is 16.3 Å². The van der Waals surface area contributed by atoms with Gasteiger partial charge in [0.15, 0.2) is 0 Å². The van der Waals surface area contributed by atoms with E-state index in [0.717, 1.165) is 16.6 Å². The molecule has 0 bridgehead atoms. The molecule has 3 aromatic rings. The third kappa shape index (κ3) is 3.84. The first-order chi connectivity index (χ1) is 11.6. The summed E-state index contributed by atoms with van der Waals surface area (Å²) in [6, 6.07) is 16.9. The number of aromatic nitrogens is 1. The van der Waals surface area contributed by atoms with E-state index in [9.17, 15) is 4.79 Å². The normalized spacial score (nSPS) is 10.6. The van der Waals surface area contributed by atoms with Gasteiger partial charge in [0, 0.05) is 11.1 Å². The number of rotatable bonds is 5. The van der Waals surface area contributed by atoms with Crippen molar-refractivity contribution in [1.82, 2.24) is 4.98 Å². The Kier molecular flexibility index (Phi) is 4.96. The summed E-state index contributed by atoms with van der Waals surface area (Å²) >= 11 is 6.02. The van der Waals surface area contributed by atoms with Gasteiger partial charge in [-0.05, 0) is 31.2 Å². The molecule has 0 aliphatic rings. The van der Waals surface area contributed by atoms with Crippen LogP contribution in [-0.2, 0) is 4.79 Å². The van der Waals surface area contributed by atoms with Crippen molar-refractivity contribution in [2.45, 2.75) is 13.3 Å². The first kappa shape index (κ1) is 16.3. The molecule has 0 unspecified atom stereocenters. The van der Waals surface area contributed by atoms with Crippen molar-refractivity contribution in [3.05, 3.63) is 65.3 Å². The third-order valence-electron chi connectivity index (χ3n) is 3.56. The number of hydrogen-bond donors (Lipinski definition) is 1. The molecule has 4 nitrogen and oxygen atoms in total. The molecule has 0 aliphatic heterocycles. The quantitative estimate of drug-likeness (QED) is 0.738. The van der Waals surface area contributed by atoms with Gasteiger partial charge < -0.3 is 10.1 Å². The van der Waals surface area contributed by atoms with Crippen LogP contribution >= 0.6 is 11.6 Å². The van der Waals surface area contributed by atoms with Gasteiger partial charge in [0.1, 0.15) is 5.75 Å². The first-order valence-electron chi connectivity index (χ1n) is 7.67. The van der Waals surface area contributed by atoms with Crippen LogP contribution in [0.25, 0.3) is 10.9 Å². The highest BCUT2D eigenvalue weighted by Crippen LogP contribution is 2.24. The number of nitrogens with zero attached hydrogens (tertiary/aromatic N) is 1. The molecule has 122 valence electrons. The van der Waals surface area contributed by atoms with Crippen molar-refractivity contribution in [3.8, 4) is 5.75 Å². The molecule has 0 radical (unpaired) electrons. The number of carbonyl (C=O) groups excluding carboxylic acids is 1. The molecule has 24 heavy (non-hydrogen) atoms. The van der Waals surface area contributed by atoms with Crippen LogP contribution in [0.5, 0.6) is 5.75 Å². The summed E-state index contributed by atoms with van der Waals surface area (Å²) in [5, 5.41) is 4.42. The lowest BCUT2D eigenvalue weighted by Gasteiger charge is -2.10. The standard InChI is InChI=1S/C19H17ClN2O2/c1-13-9-10-14-5-4-7-16(19(14)21-13)22-18(23)11-12-24-17-8-3-2-6-15(17)20/h2-10H,11-12H2,1H3,(H,22,23). The summed E-state index contributed by atoms with van der Waals surface area (Å²) in [7, 11) is 0. The zero-order valence-corrected chi connectivity index (χ0v) is 14.0. The molecule has 0 fully saturated rings. The highest BCUT2D eigenvalue weighted by molar-refractivity contribution is 6.32. The molecule has 0 spiro atoms. The number of para-hydroxylation sites is 2. The number of pyridine rings is 1. The number of hydrogen-bond acceptors (Lipinski definition) is 3. The molecule has 2 aromatic carbocycles. The molecular formula is C19H17ClN2O2. The van der Waals surface area contributed by atoms with E-state index in [2.05, 4.69) is 10.3 Å². The Morgan fingerprint density at radius 1 is 1.12 bits per heavy atom. The van der Waals surface area contributed by atoms with Gasteiger partial charge in [0.05, 0.1) is 29.3 Å². The highest BCUT2D eigenvalue weighted by atomic mass is 35.5. The number of nitrogens with one attached hydrogen (secondary N) is 1.